The highest BCUT2D eigenvalue weighted by molar-refractivity contribution is 7.83. The largest absolute Gasteiger partial charge is 0.495 e. The van der Waals surface area contributed by atoms with Crippen molar-refractivity contribution in [3.63, 3.8) is 0 Å². The van der Waals surface area contributed by atoms with Gasteiger partial charge in [-0.25, -0.2) is 8.51 Å². The van der Waals surface area contributed by atoms with E-state index in [0.717, 1.165) is 52.6 Å². The highest BCUT2D eigenvalue weighted by Gasteiger charge is 2.25. The van der Waals surface area contributed by atoms with Gasteiger partial charge in [0.2, 0.25) is 0 Å². The van der Waals surface area contributed by atoms with Gasteiger partial charge in [-0.15, -0.1) is 0 Å². The first-order valence-electron chi connectivity index (χ1n) is 8.90. The number of piperazine rings is 1. The zero-order valence-corrected chi connectivity index (χ0v) is 16.7. The second-order valence-corrected chi connectivity index (χ2v) is 8.32. The van der Waals surface area contributed by atoms with Crippen LogP contribution >= 0.6 is 11.6 Å². The van der Waals surface area contributed by atoms with Crippen molar-refractivity contribution in [1.29, 1.82) is 0 Å². The Kier molecular flexibility index (Phi) is 5.34. The summed E-state index contributed by atoms with van der Waals surface area (Å²) in [5.41, 5.74) is 1.15. The van der Waals surface area contributed by atoms with Crippen LogP contribution in [0.1, 0.15) is 0 Å². The van der Waals surface area contributed by atoms with E-state index in [1.807, 2.05) is 65.0 Å². The van der Waals surface area contributed by atoms with E-state index in [2.05, 4.69) is 4.90 Å². The monoisotopic (exact) mass is 400 g/mol. The van der Waals surface area contributed by atoms with Gasteiger partial charge in [-0.2, -0.15) is 0 Å². The number of rotatable bonds is 4. The van der Waals surface area contributed by atoms with Crippen LogP contribution in [0.4, 0.5) is 5.69 Å². The summed E-state index contributed by atoms with van der Waals surface area (Å²) >= 11 is 5.98. The molecule has 1 saturated heterocycles. The molecule has 0 saturated carbocycles. The van der Waals surface area contributed by atoms with E-state index in [-0.39, 0.29) is 0 Å². The van der Waals surface area contributed by atoms with Gasteiger partial charge in [-0.1, -0.05) is 41.9 Å². The lowest BCUT2D eigenvalue weighted by Crippen LogP contribution is -2.47. The number of hydrogen-bond acceptors (Lipinski definition) is 3. The first-order valence-corrected chi connectivity index (χ1v) is 10.4. The molecule has 0 spiro atoms. The van der Waals surface area contributed by atoms with Crippen molar-refractivity contribution in [3.05, 3.63) is 65.7 Å². The molecule has 0 radical (unpaired) electrons. The van der Waals surface area contributed by atoms with E-state index in [1.54, 1.807) is 7.11 Å². The smallest absolute Gasteiger partial charge is 0.137 e. The summed E-state index contributed by atoms with van der Waals surface area (Å²) in [6, 6.07) is 19.8. The Bertz CT molecular complexity index is 970. The minimum Gasteiger partial charge on any atom is -0.495 e. The standard InChI is InChI=1S/C21H21ClN2O2S/c1-26-20-11-6-16-4-2-3-5-19(16)21(20)27(25)24-14-12-23(13-15-24)18-9-7-17(22)8-10-18/h2-11H,12-15H2,1H3/t27-/m0/s1. The molecule has 0 amide bonds. The molecular weight excluding hydrogens is 380 g/mol. The maximum atomic E-state index is 13.4. The summed E-state index contributed by atoms with van der Waals surface area (Å²) < 4.78 is 21.0. The third-order valence-corrected chi connectivity index (χ3v) is 6.76. The molecule has 4 rings (SSSR count). The summed E-state index contributed by atoms with van der Waals surface area (Å²) in [5, 5.41) is 2.79. The SMILES string of the molecule is COc1ccc2ccccc2c1[S@](=O)N1CCN(c2ccc(Cl)cc2)CC1. The zero-order chi connectivity index (χ0) is 18.8. The normalized spacial score (nSPS) is 16.4. The van der Waals surface area contributed by atoms with Crippen molar-refractivity contribution in [2.75, 3.05) is 38.2 Å². The van der Waals surface area contributed by atoms with Crippen LogP contribution in [0.3, 0.4) is 0 Å². The Morgan fingerprint density at radius 1 is 0.926 bits per heavy atom. The molecule has 1 fully saturated rings. The lowest BCUT2D eigenvalue weighted by molar-refractivity contribution is 0.393. The summed E-state index contributed by atoms with van der Waals surface area (Å²) in [7, 11) is 0.358. The van der Waals surface area contributed by atoms with Crippen LogP contribution in [0.25, 0.3) is 10.8 Å². The number of benzene rings is 3. The van der Waals surface area contributed by atoms with Gasteiger partial charge < -0.3 is 9.64 Å². The molecule has 0 aliphatic carbocycles. The number of halogens is 1. The topological polar surface area (TPSA) is 32.8 Å². The quantitative estimate of drug-likeness (QED) is 0.652. The van der Waals surface area contributed by atoms with E-state index in [0.29, 0.717) is 5.75 Å². The van der Waals surface area contributed by atoms with Crippen molar-refractivity contribution >= 4 is 39.0 Å². The molecule has 3 aromatic rings. The zero-order valence-electron chi connectivity index (χ0n) is 15.1. The number of methoxy groups -OCH3 is 1. The highest BCUT2D eigenvalue weighted by atomic mass is 35.5. The predicted molar refractivity (Wildman–Crippen MR) is 112 cm³/mol. The first-order chi connectivity index (χ1) is 13.2. The maximum absolute atomic E-state index is 13.4. The van der Waals surface area contributed by atoms with E-state index in [4.69, 9.17) is 16.3 Å². The molecule has 6 heteroatoms. The van der Waals surface area contributed by atoms with E-state index >= 15 is 0 Å². The Balaban J connectivity index is 1.56. The number of hydrogen-bond donors (Lipinski definition) is 0. The number of ether oxygens (including phenoxy) is 1. The maximum Gasteiger partial charge on any atom is 0.137 e. The highest BCUT2D eigenvalue weighted by Crippen LogP contribution is 2.32. The van der Waals surface area contributed by atoms with Crippen molar-refractivity contribution in [3.8, 4) is 5.75 Å². The first kappa shape index (κ1) is 18.3. The van der Waals surface area contributed by atoms with Crippen molar-refractivity contribution in [2.24, 2.45) is 0 Å². The third kappa shape index (κ3) is 3.68. The van der Waals surface area contributed by atoms with Gasteiger partial charge in [0.15, 0.2) is 0 Å². The van der Waals surface area contributed by atoms with E-state index in [1.165, 1.54) is 0 Å². The van der Waals surface area contributed by atoms with Gasteiger partial charge in [0.1, 0.15) is 21.6 Å². The molecule has 0 bridgehead atoms. The Morgan fingerprint density at radius 2 is 1.63 bits per heavy atom. The van der Waals surface area contributed by atoms with E-state index < -0.39 is 11.0 Å². The summed E-state index contributed by atoms with van der Waals surface area (Å²) in [5.74, 6) is 0.673. The van der Waals surface area contributed by atoms with Gasteiger partial charge in [-0.05, 0) is 35.7 Å². The molecule has 1 aliphatic rings. The molecule has 1 atom stereocenters. The molecule has 0 aromatic heterocycles. The summed E-state index contributed by atoms with van der Waals surface area (Å²) in [6.07, 6.45) is 0. The fourth-order valence-electron chi connectivity index (χ4n) is 3.46. The van der Waals surface area contributed by atoms with Crippen molar-refractivity contribution < 1.29 is 8.95 Å². The lowest BCUT2D eigenvalue weighted by Gasteiger charge is -2.35. The molecule has 0 N–H and O–H groups in total. The van der Waals surface area contributed by atoms with Crippen LogP contribution in [0, 0.1) is 0 Å². The second-order valence-electron chi connectivity index (χ2n) is 6.46. The van der Waals surface area contributed by atoms with Gasteiger partial charge in [-0.3, -0.25) is 0 Å². The molecule has 4 nitrogen and oxygen atoms in total. The van der Waals surface area contributed by atoms with Crippen molar-refractivity contribution in [1.82, 2.24) is 4.31 Å². The number of fused-ring (bicyclic) bond motifs is 1. The predicted octanol–water partition coefficient (Wildman–Crippen LogP) is 4.35. The molecular formula is C21H21ClN2O2S. The number of anilines is 1. The average Bonchev–Trinajstić information content (AvgIpc) is 2.73. The Labute approximate surface area is 166 Å². The van der Waals surface area contributed by atoms with Crippen LogP contribution < -0.4 is 9.64 Å². The summed E-state index contributed by atoms with van der Waals surface area (Å²) in [4.78, 5) is 3.06. The molecule has 27 heavy (non-hydrogen) atoms. The molecule has 0 unspecified atom stereocenters. The van der Waals surface area contributed by atoms with Crippen molar-refractivity contribution in [2.45, 2.75) is 4.90 Å². The second kappa shape index (κ2) is 7.89. The van der Waals surface area contributed by atoms with Crippen LogP contribution in [0.2, 0.25) is 5.02 Å². The molecule has 1 heterocycles. The minimum absolute atomic E-state index is 0.673. The van der Waals surface area contributed by atoms with Gasteiger partial charge >= 0.3 is 0 Å². The van der Waals surface area contributed by atoms with Crippen LogP contribution in [0.5, 0.6) is 5.75 Å². The Hall–Kier alpha value is -2.08. The summed E-state index contributed by atoms with van der Waals surface area (Å²) in [6.45, 7) is 3.09. The minimum atomic E-state index is -1.27. The Morgan fingerprint density at radius 3 is 2.33 bits per heavy atom. The lowest BCUT2D eigenvalue weighted by atomic mass is 10.1. The van der Waals surface area contributed by atoms with Crippen LogP contribution in [-0.2, 0) is 11.0 Å². The fourth-order valence-corrected chi connectivity index (χ4v) is 5.03. The average molecular weight is 401 g/mol. The van der Waals surface area contributed by atoms with Gasteiger partial charge in [0, 0.05) is 42.3 Å². The molecule has 3 aromatic carbocycles. The third-order valence-electron chi connectivity index (χ3n) is 4.90. The van der Waals surface area contributed by atoms with Gasteiger partial charge in [0.05, 0.1) is 7.11 Å². The van der Waals surface area contributed by atoms with E-state index in [9.17, 15) is 4.21 Å². The van der Waals surface area contributed by atoms with Crippen LogP contribution in [-0.4, -0.2) is 41.8 Å². The van der Waals surface area contributed by atoms with Crippen LogP contribution in [0.15, 0.2) is 65.6 Å². The van der Waals surface area contributed by atoms with Gasteiger partial charge in [0.25, 0.3) is 0 Å². The molecule has 140 valence electrons. The molecule has 1 aliphatic heterocycles. The fraction of sp³-hybridized carbons (Fsp3) is 0.238. The number of nitrogens with zero attached hydrogens (tertiary/aromatic N) is 2.